The predicted molar refractivity (Wildman–Crippen MR) is 88.5 cm³/mol. The molecule has 0 N–H and O–H groups in total. The van der Waals surface area contributed by atoms with E-state index in [0.717, 1.165) is 37.0 Å². The molecule has 1 saturated heterocycles. The lowest BCUT2D eigenvalue weighted by molar-refractivity contribution is -0.0465. The molecule has 4 aliphatic rings. The Morgan fingerprint density at radius 3 is 2.70 bits per heavy atom. The number of anilines is 1. The van der Waals surface area contributed by atoms with Crippen LogP contribution in [0.3, 0.4) is 0 Å². The number of halogens is 1. The minimum absolute atomic E-state index is 0.0828. The molecule has 0 radical (unpaired) electrons. The van der Waals surface area contributed by atoms with E-state index < -0.39 is 0 Å². The first-order valence-corrected chi connectivity index (χ1v) is 8.97. The second kappa shape index (κ2) is 5.16. The summed E-state index contributed by atoms with van der Waals surface area (Å²) in [5.74, 6) is 1.32. The van der Waals surface area contributed by atoms with Crippen molar-refractivity contribution in [1.29, 1.82) is 0 Å². The van der Waals surface area contributed by atoms with Crippen LogP contribution in [0.25, 0.3) is 0 Å². The minimum Gasteiger partial charge on any atom is -0.379 e. The highest BCUT2D eigenvalue weighted by Crippen LogP contribution is 2.59. The normalized spacial score (nSPS) is 39.2. The zero-order valence-electron chi connectivity index (χ0n) is 13.1. The Labute approximate surface area is 141 Å². The fourth-order valence-electron chi connectivity index (χ4n) is 5.28. The van der Waals surface area contributed by atoms with Crippen LogP contribution in [0, 0.1) is 11.8 Å². The number of nitrogens with zero attached hydrogens (tertiary/aromatic N) is 4. The molecule has 6 heteroatoms. The number of hydrogen-bond acceptors (Lipinski definition) is 5. The third kappa shape index (κ3) is 1.87. The van der Waals surface area contributed by atoms with Gasteiger partial charge in [-0.15, -0.1) is 0 Å². The van der Waals surface area contributed by atoms with E-state index in [0.29, 0.717) is 17.9 Å². The maximum Gasteiger partial charge on any atom is 0.145 e. The lowest BCUT2D eigenvalue weighted by Gasteiger charge is -2.51. The van der Waals surface area contributed by atoms with Gasteiger partial charge in [0.2, 0.25) is 0 Å². The van der Waals surface area contributed by atoms with E-state index in [4.69, 9.17) is 21.5 Å². The molecule has 1 aromatic rings. The molecule has 0 aromatic heterocycles. The van der Waals surface area contributed by atoms with Gasteiger partial charge in [0, 0.05) is 24.0 Å². The quantitative estimate of drug-likeness (QED) is 0.833. The van der Waals surface area contributed by atoms with Gasteiger partial charge in [0.1, 0.15) is 11.7 Å². The first-order valence-electron chi connectivity index (χ1n) is 8.59. The molecule has 5 rings (SSSR count). The van der Waals surface area contributed by atoms with Gasteiger partial charge < -0.3 is 4.74 Å². The molecular formula is C17H21ClN4O. The molecule has 2 aliphatic heterocycles. The van der Waals surface area contributed by atoms with Crippen molar-refractivity contribution >= 4 is 17.3 Å². The molecule has 1 aromatic carbocycles. The second-order valence-electron chi connectivity index (χ2n) is 7.09. The molecule has 2 saturated carbocycles. The molecule has 0 spiro atoms. The highest BCUT2D eigenvalue weighted by atomic mass is 35.5. The summed E-state index contributed by atoms with van der Waals surface area (Å²) in [6.45, 7) is 3.55. The maximum atomic E-state index is 6.08. The Kier molecular flexibility index (Phi) is 3.19. The summed E-state index contributed by atoms with van der Waals surface area (Å²) >= 11 is 6.08. The van der Waals surface area contributed by atoms with E-state index in [1.54, 1.807) is 0 Å². The average Bonchev–Trinajstić information content (AvgIpc) is 3.28. The van der Waals surface area contributed by atoms with Crippen LogP contribution in [0.5, 0.6) is 0 Å². The summed E-state index contributed by atoms with van der Waals surface area (Å²) in [7, 11) is 0. The molecule has 23 heavy (non-hydrogen) atoms. The van der Waals surface area contributed by atoms with Gasteiger partial charge in [-0.2, -0.15) is 5.11 Å². The summed E-state index contributed by atoms with van der Waals surface area (Å²) in [6.07, 6.45) is 3.87. The molecule has 3 fully saturated rings. The van der Waals surface area contributed by atoms with Crippen molar-refractivity contribution in [2.75, 3.05) is 31.3 Å². The van der Waals surface area contributed by atoms with Crippen LogP contribution in [-0.2, 0) is 4.74 Å². The Morgan fingerprint density at radius 2 is 1.91 bits per heavy atom. The van der Waals surface area contributed by atoms with E-state index in [1.165, 1.54) is 19.3 Å². The van der Waals surface area contributed by atoms with E-state index in [1.807, 2.05) is 12.1 Å². The summed E-state index contributed by atoms with van der Waals surface area (Å²) in [5, 5.41) is 12.3. The maximum absolute atomic E-state index is 6.08. The Bertz CT molecular complexity index is 630. The highest BCUT2D eigenvalue weighted by molar-refractivity contribution is 6.30. The van der Waals surface area contributed by atoms with Gasteiger partial charge in [0.05, 0.1) is 18.9 Å². The van der Waals surface area contributed by atoms with Crippen molar-refractivity contribution in [3.8, 4) is 0 Å². The summed E-state index contributed by atoms with van der Waals surface area (Å²) in [4.78, 5) is 2.60. The highest BCUT2D eigenvalue weighted by Gasteiger charge is 2.67. The standard InChI is InChI=1S/C17H21ClN4O/c18-14-3-5-15(6-4-14)22-17(21-7-9-23-10-8-21)13-2-1-12(11-13)16(17)19-20-22/h3-6,12-13,16H,1-2,7-11H2/t12-,13+,16+,17-/m0/s1. The van der Waals surface area contributed by atoms with Crippen LogP contribution in [-0.4, -0.2) is 42.9 Å². The van der Waals surface area contributed by atoms with Crippen molar-refractivity contribution < 1.29 is 4.74 Å². The summed E-state index contributed by atoms with van der Waals surface area (Å²) in [5.41, 5.74) is 1.01. The summed E-state index contributed by atoms with van der Waals surface area (Å²) in [6, 6.07) is 8.32. The molecule has 0 amide bonds. The fourth-order valence-corrected chi connectivity index (χ4v) is 5.40. The zero-order valence-corrected chi connectivity index (χ0v) is 13.8. The average molecular weight is 333 g/mol. The van der Waals surface area contributed by atoms with Gasteiger partial charge in [-0.05, 0) is 49.4 Å². The Hall–Kier alpha value is -1.17. The van der Waals surface area contributed by atoms with E-state index in [-0.39, 0.29) is 5.66 Å². The van der Waals surface area contributed by atoms with E-state index in [9.17, 15) is 0 Å². The van der Waals surface area contributed by atoms with Crippen LogP contribution in [0.2, 0.25) is 5.02 Å². The van der Waals surface area contributed by atoms with Crippen molar-refractivity contribution in [3.63, 3.8) is 0 Å². The lowest BCUT2D eigenvalue weighted by Crippen LogP contribution is -2.67. The van der Waals surface area contributed by atoms with Crippen LogP contribution >= 0.6 is 11.6 Å². The van der Waals surface area contributed by atoms with Crippen molar-refractivity contribution in [3.05, 3.63) is 29.3 Å². The number of morpholine rings is 1. The molecule has 0 unspecified atom stereocenters. The number of hydrogen-bond donors (Lipinski definition) is 0. The van der Waals surface area contributed by atoms with Gasteiger partial charge in [0.25, 0.3) is 0 Å². The van der Waals surface area contributed by atoms with Crippen molar-refractivity contribution in [2.24, 2.45) is 22.2 Å². The Morgan fingerprint density at radius 1 is 1.13 bits per heavy atom. The molecule has 2 bridgehead atoms. The van der Waals surface area contributed by atoms with Crippen LogP contribution < -0.4 is 5.01 Å². The topological polar surface area (TPSA) is 40.4 Å². The van der Waals surface area contributed by atoms with Gasteiger partial charge in [-0.3, -0.25) is 4.90 Å². The Balaban J connectivity index is 1.59. The monoisotopic (exact) mass is 332 g/mol. The number of ether oxygens (including phenoxy) is 1. The molecule has 2 aliphatic carbocycles. The van der Waals surface area contributed by atoms with Crippen LogP contribution in [0.15, 0.2) is 34.6 Å². The van der Waals surface area contributed by atoms with Crippen molar-refractivity contribution in [1.82, 2.24) is 4.90 Å². The number of benzene rings is 1. The molecule has 5 nitrogen and oxygen atoms in total. The van der Waals surface area contributed by atoms with E-state index in [2.05, 4.69) is 27.3 Å². The lowest BCUT2D eigenvalue weighted by atomic mass is 9.82. The molecule has 2 heterocycles. The van der Waals surface area contributed by atoms with Gasteiger partial charge in [0.15, 0.2) is 0 Å². The van der Waals surface area contributed by atoms with Crippen molar-refractivity contribution in [2.45, 2.75) is 31.0 Å². The predicted octanol–water partition coefficient (Wildman–Crippen LogP) is 3.35. The third-order valence-corrected chi connectivity index (χ3v) is 6.40. The van der Waals surface area contributed by atoms with Gasteiger partial charge in [-0.1, -0.05) is 16.8 Å². The van der Waals surface area contributed by atoms with Crippen LogP contribution in [0.1, 0.15) is 19.3 Å². The second-order valence-corrected chi connectivity index (χ2v) is 7.53. The first-order chi connectivity index (χ1) is 11.3. The minimum atomic E-state index is -0.0828. The van der Waals surface area contributed by atoms with Gasteiger partial charge in [-0.25, -0.2) is 5.01 Å². The number of fused-ring (bicyclic) bond motifs is 5. The molecular weight excluding hydrogens is 312 g/mol. The zero-order chi connectivity index (χ0) is 15.4. The molecule has 122 valence electrons. The van der Waals surface area contributed by atoms with Gasteiger partial charge >= 0.3 is 0 Å². The molecule has 4 atom stereocenters. The first kappa shape index (κ1) is 14.2. The van der Waals surface area contributed by atoms with E-state index >= 15 is 0 Å². The van der Waals surface area contributed by atoms with Crippen LogP contribution in [0.4, 0.5) is 5.69 Å². The fraction of sp³-hybridized carbons (Fsp3) is 0.647. The SMILES string of the molecule is Clc1ccc(N2N=N[C@@H]3[C@H]4CC[C@H](C4)[C@@]32N2CCOCC2)cc1. The smallest absolute Gasteiger partial charge is 0.145 e. The third-order valence-electron chi connectivity index (χ3n) is 6.15. The number of rotatable bonds is 2. The summed E-state index contributed by atoms with van der Waals surface area (Å²) < 4.78 is 5.60. The largest absolute Gasteiger partial charge is 0.379 e.